The Morgan fingerprint density at radius 1 is 0.702 bits per heavy atom. The van der Waals surface area contributed by atoms with Crippen molar-refractivity contribution in [3.05, 3.63) is 168 Å². The van der Waals surface area contributed by atoms with Crippen molar-refractivity contribution in [2.45, 2.75) is 19.4 Å². The maximum absolute atomic E-state index is 9.72. The number of fused-ring (bicyclic) bond motifs is 3. The van der Waals surface area contributed by atoms with Crippen LogP contribution in [0.5, 0.6) is 0 Å². The van der Waals surface area contributed by atoms with Gasteiger partial charge in [-0.15, -0.1) is 0 Å². The van der Waals surface area contributed by atoms with Crippen LogP contribution >= 0.6 is 0 Å². The number of furan rings is 1. The Morgan fingerprint density at radius 3 is 2.17 bits per heavy atom. The van der Waals surface area contributed by atoms with Gasteiger partial charge in [0.25, 0.3) is 0 Å². The molecule has 4 nitrogen and oxygen atoms in total. The second kappa shape index (κ2) is 12.0. The van der Waals surface area contributed by atoms with E-state index in [0.717, 1.165) is 67.6 Å². The fraction of sp³-hybridized carbons (Fsp3) is 0.0930. The maximum Gasteiger partial charge on any atom is 0.139 e. The summed E-state index contributed by atoms with van der Waals surface area (Å²) >= 11 is 0. The lowest BCUT2D eigenvalue weighted by atomic mass is 9.85. The van der Waals surface area contributed by atoms with E-state index in [1.165, 1.54) is 11.1 Å². The third kappa shape index (κ3) is 5.22. The summed E-state index contributed by atoms with van der Waals surface area (Å²) < 4.78 is 6.29. The minimum atomic E-state index is -0.0468. The van der Waals surface area contributed by atoms with Gasteiger partial charge in [0.15, 0.2) is 0 Å². The van der Waals surface area contributed by atoms with Crippen molar-refractivity contribution in [2.24, 2.45) is 10.9 Å². The quantitative estimate of drug-likeness (QED) is 0.196. The number of allylic oxidation sites excluding steroid dienone is 1. The fourth-order valence-corrected chi connectivity index (χ4v) is 6.87. The van der Waals surface area contributed by atoms with Crippen LogP contribution in [0.1, 0.15) is 41.6 Å². The molecule has 1 aliphatic rings. The van der Waals surface area contributed by atoms with Crippen LogP contribution in [0, 0.1) is 17.2 Å². The zero-order chi connectivity index (χ0) is 31.7. The topological polar surface area (TPSA) is 62.2 Å². The average molecular weight is 606 g/mol. The molecule has 0 fully saturated rings. The minimum Gasteiger partial charge on any atom is -0.456 e. The molecule has 0 N–H and O–H groups in total. The summed E-state index contributed by atoms with van der Waals surface area (Å²) in [6.07, 6.45) is 4.95. The third-order valence-electron chi connectivity index (χ3n) is 9.25. The van der Waals surface area contributed by atoms with Gasteiger partial charge >= 0.3 is 0 Å². The van der Waals surface area contributed by atoms with Gasteiger partial charge in [0.05, 0.1) is 28.8 Å². The lowest BCUT2D eigenvalue weighted by molar-refractivity contribution is 0.587. The number of hydrogen-bond donors (Lipinski definition) is 0. The van der Waals surface area contributed by atoms with Crippen molar-refractivity contribution in [1.82, 2.24) is 4.98 Å². The molecular weight excluding hydrogens is 574 g/mol. The van der Waals surface area contributed by atoms with Gasteiger partial charge in [-0.3, -0.25) is 9.98 Å². The lowest BCUT2D eigenvalue weighted by Crippen LogP contribution is -2.11. The first-order valence-electron chi connectivity index (χ1n) is 16.0. The Bertz CT molecular complexity index is 2340. The summed E-state index contributed by atoms with van der Waals surface area (Å²) in [5.74, 6) is 0.179. The van der Waals surface area contributed by atoms with Gasteiger partial charge < -0.3 is 4.42 Å². The summed E-state index contributed by atoms with van der Waals surface area (Å²) in [5, 5.41) is 11.7. The van der Waals surface area contributed by atoms with Crippen LogP contribution in [-0.4, -0.2) is 10.7 Å². The second-order valence-corrected chi connectivity index (χ2v) is 12.0. The number of benzene rings is 5. The van der Waals surface area contributed by atoms with Crippen molar-refractivity contribution < 1.29 is 4.42 Å². The van der Waals surface area contributed by atoms with Gasteiger partial charge in [0.1, 0.15) is 11.2 Å². The highest BCUT2D eigenvalue weighted by Gasteiger charge is 2.27. The van der Waals surface area contributed by atoms with E-state index >= 15 is 0 Å². The molecule has 3 heterocycles. The van der Waals surface area contributed by atoms with Crippen LogP contribution in [0.2, 0.25) is 0 Å². The zero-order valence-electron chi connectivity index (χ0n) is 26.0. The zero-order valence-corrected chi connectivity index (χ0v) is 26.0. The van der Waals surface area contributed by atoms with Crippen molar-refractivity contribution in [2.75, 3.05) is 0 Å². The van der Waals surface area contributed by atoms with Gasteiger partial charge in [0.2, 0.25) is 0 Å². The molecule has 1 aliphatic heterocycles. The standard InChI is InChI=1S/C43H31N3O/c1-28-35(29-10-4-2-5-11-29)21-22-38(30-12-6-3-7-13-30)46-42(28)31-16-18-32(19-17-31)43-41-37-26-33(36-15-9-8-14-34(36)27-44)20-23-39(37)47-40(41)24-25-45-43/h2-21,23-26,28,42H,22H2,1H3. The van der Waals surface area contributed by atoms with Gasteiger partial charge in [0, 0.05) is 35.2 Å². The highest BCUT2D eigenvalue weighted by Crippen LogP contribution is 2.41. The van der Waals surface area contributed by atoms with Gasteiger partial charge in [-0.2, -0.15) is 5.26 Å². The molecule has 0 aliphatic carbocycles. The molecule has 224 valence electrons. The number of nitrogens with zero attached hydrogens (tertiary/aromatic N) is 3. The fourth-order valence-electron chi connectivity index (χ4n) is 6.87. The highest BCUT2D eigenvalue weighted by molar-refractivity contribution is 6.12. The van der Waals surface area contributed by atoms with E-state index in [0.29, 0.717) is 5.56 Å². The van der Waals surface area contributed by atoms with E-state index in [1.807, 2.05) is 42.5 Å². The Morgan fingerprint density at radius 2 is 1.40 bits per heavy atom. The molecule has 5 aromatic carbocycles. The summed E-state index contributed by atoms with van der Waals surface area (Å²) in [5.41, 5.74) is 12.0. The normalized spacial score (nSPS) is 16.3. The van der Waals surface area contributed by atoms with E-state index in [2.05, 4.69) is 110 Å². The molecule has 0 radical (unpaired) electrons. The smallest absolute Gasteiger partial charge is 0.139 e. The minimum absolute atomic E-state index is 0.0468. The van der Waals surface area contributed by atoms with Crippen LogP contribution in [0.15, 0.2) is 155 Å². The molecule has 2 unspecified atom stereocenters. The van der Waals surface area contributed by atoms with Crippen LogP contribution in [-0.2, 0) is 0 Å². The van der Waals surface area contributed by atoms with E-state index in [9.17, 15) is 5.26 Å². The van der Waals surface area contributed by atoms with E-state index in [4.69, 9.17) is 14.4 Å². The van der Waals surface area contributed by atoms with E-state index in [1.54, 1.807) is 6.20 Å². The van der Waals surface area contributed by atoms with E-state index < -0.39 is 0 Å². The molecule has 47 heavy (non-hydrogen) atoms. The number of hydrogen-bond acceptors (Lipinski definition) is 4. The van der Waals surface area contributed by atoms with Gasteiger partial charge in [-0.1, -0.05) is 122 Å². The SMILES string of the molecule is CC1C(c2ccccc2)=CCC(c2ccccc2)=NC1c1ccc(-c2nccc3oc4ccc(-c5ccccc5C#N)cc4c23)cc1. The number of aromatic nitrogens is 1. The molecule has 2 atom stereocenters. The van der Waals surface area contributed by atoms with E-state index in [-0.39, 0.29) is 12.0 Å². The lowest BCUT2D eigenvalue weighted by Gasteiger charge is -2.23. The molecule has 7 aromatic rings. The maximum atomic E-state index is 9.72. The number of nitriles is 1. The van der Waals surface area contributed by atoms with Crippen molar-refractivity contribution >= 4 is 33.2 Å². The number of pyridine rings is 1. The molecule has 0 saturated heterocycles. The molecule has 0 spiro atoms. The van der Waals surface area contributed by atoms with Crippen molar-refractivity contribution in [3.63, 3.8) is 0 Å². The van der Waals surface area contributed by atoms with Crippen LogP contribution in [0.4, 0.5) is 0 Å². The molecule has 0 bridgehead atoms. The Kier molecular flexibility index (Phi) is 7.28. The molecule has 2 aromatic heterocycles. The summed E-state index contributed by atoms with van der Waals surface area (Å²) in [4.78, 5) is 10.3. The molecule has 0 amide bonds. The molecule has 0 saturated carbocycles. The predicted molar refractivity (Wildman–Crippen MR) is 191 cm³/mol. The Hall–Kier alpha value is -6.05. The van der Waals surface area contributed by atoms with Crippen LogP contribution in [0.3, 0.4) is 0 Å². The predicted octanol–water partition coefficient (Wildman–Crippen LogP) is 10.8. The number of rotatable bonds is 5. The van der Waals surface area contributed by atoms with Crippen LogP contribution < -0.4 is 0 Å². The summed E-state index contributed by atoms with van der Waals surface area (Å²) in [6.45, 7) is 2.29. The molecule has 8 rings (SSSR count). The summed E-state index contributed by atoms with van der Waals surface area (Å²) in [6, 6.07) is 47.9. The van der Waals surface area contributed by atoms with Gasteiger partial charge in [-0.25, -0.2) is 0 Å². The first-order valence-corrected chi connectivity index (χ1v) is 16.0. The van der Waals surface area contributed by atoms with Gasteiger partial charge in [-0.05, 0) is 57.7 Å². The largest absolute Gasteiger partial charge is 0.456 e. The molecular formula is C43H31N3O. The Labute approximate surface area is 274 Å². The number of aliphatic imine (C=N–C) groups is 1. The van der Waals surface area contributed by atoms with Crippen molar-refractivity contribution in [3.8, 4) is 28.5 Å². The second-order valence-electron chi connectivity index (χ2n) is 12.0. The highest BCUT2D eigenvalue weighted by atomic mass is 16.3. The Balaban J connectivity index is 1.21. The average Bonchev–Trinajstić information content (AvgIpc) is 3.42. The third-order valence-corrected chi connectivity index (χ3v) is 9.25. The molecule has 4 heteroatoms. The van der Waals surface area contributed by atoms with Crippen molar-refractivity contribution in [1.29, 1.82) is 5.26 Å². The van der Waals surface area contributed by atoms with Crippen LogP contribution in [0.25, 0.3) is 49.9 Å². The first-order chi connectivity index (χ1) is 23.2. The first kappa shape index (κ1) is 28.4. The monoisotopic (exact) mass is 605 g/mol. The summed E-state index contributed by atoms with van der Waals surface area (Å²) in [7, 11) is 0.